The fourth-order valence-electron chi connectivity index (χ4n) is 3.66. The van der Waals surface area contributed by atoms with Gasteiger partial charge in [-0.05, 0) is 48.6 Å². The summed E-state index contributed by atoms with van der Waals surface area (Å²) in [5.41, 5.74) is 7.73. The smallest absolute Gasteiger partial charge is 0.240 e. The Morgan fingerprint density at radius 1 is 1.20 bits per heavy atom. The molecule has 2 aromatic rings. The maximum atomic E-state index is 14.3. The average molecular weight is 413 g/mol. The Labute approximate surface area is 174 Å². The molecule has 2 amide bonds. The highest BCUT2D eigenvalue weighted by molar-refractivity contribution is 5.86. The van der Waals surface area contributed by atoms with Gasteiger partial charge in [-0.25, -0.2) is 8.78 Å². The molecule has 0 radical (unpaired) electrons. The highest BCUT2D eigenvalue weighted by Crippen LogP contribution is 2.36. The molecule has 3 N–H and O–H groups in total. The summed E-state index contributed by atoms with van der Waals surface area (Å²) in [6, 6.07) is 11.6. The molecule has 1 aliphatic heterocycles. The van der Waals surface area contributed by atoms with E-state index in [9.17, 15) is 18.4 Å². The number of carbonyl (C=O) groups is 2. The molecule has 5 nitrogen and oxygen atoms in total. The minimum absolute atomic E-state index is 0.152. The lowest BCUT2D eigenvalue weighted by Crippen LogP contribution is -2.44. The molecular formula is C23H25F2N3O2. The van der Waals surface area contributed by atoms with Crippen LogP contribution in [0.4, 0.5) is 8.78 Å². The number of nitrogens with zero attached hydrogens (tertiary/aromatic N) is 1. The van der Waals surface area contributed by atoms with Gasteiger partial charge < -0.3 is 16.0 Å². The van der Waals surface area contributed by atoms with E-state index < -0.39 is 23.7 Å². The zero-order chi connectivity index (χ0) is 21.5. The van der Waals surface area contributed by atoms with Gasteiger partial charge in [-0.1, -0.05) is 36.4 Å². The van der Waals surface area contributed by atoms with Crippen LogP contribution in [0.25, 0.3) is 5.57 Å². The van der Waals surface area contributed by atoms with Crippen molar-refractivity contribution in [2.45, 2.75) is 31.3 Å². The Balaban J connectivity index is 1.80. The molecular weight excluding hydrogens is 388 g/mol. The largest absolute Gasteiger partial charge is 0.359 e. The summed E-state index contributed by atoms with van der Waals surface area (Å²) in [6.07, 6.45) is 4.32. The topological polar surface area (TPSA) is 75.4 Å². The van der Waals surface area contributed by atoms with Crippen LogP contribution in [0.15, 0.2) is 54.6 Å². The molecule has 0 aliphatic carbocycles. The highest BCUT2D eigenvalue weighted by Gasteiger charge is 2.33. The van der Waals surface area contributed by atoms with Gasteiger partial charge in [0, 0.05) is 18.7 Å². The minimum atomic E-state index is -0.711. The predicted molar refractivity (Wildman–Crippen MR) is 111 cm³/mol. The number of nitrogens with two attached hydrogens (primary N) is 1. The van der Waals surface area contributed by atoms with Crippen molar-refractivity contribution >= 4 is 17.9 Å². The van der Waals surface area contributed by atoms with Crippen molar-refractivity contribution in [3.05, 3.63) is 77.4 Å². The predicted octanol–water partition coefficient (Wildman–Crippen LogP) is 3.18. The summed E-state index contributed by atoms with van der Waals surface area (Å²) in [6.45, 7) is 0.685. The van der Waals surface area contributed by atoms with Gasteiger partial charge in [-0.3, -0.25) is 9.59 Å². The monoisotopic (exact) mass is 413 g/mol. The zero-order valence-electron chi connectivity index (χ0n) is 16.6. The molecule has 0 saturated carbocycles. The van der Waals surface area contributed by atoms with E-state index in [1.54, 1.807) is 11.0 Å². The lowest BCUT2D eigenvalue weighted by atomic mass is 10.0. The van der Waals surface area contributed by atoms with E-state index >= 15 is 0 Å². The van der Waals surface area contributed by atoms with Crippen molar-refractivity contribution in [2.24, 2.45) is 5.73 Å². The number of rotatable bonds is 9. The second-order valence-electron chi connectivity index (χ2n) is 7.31. The van der Waals surface area contributed by atoms with Gasteiger partial charge in [0.2, 0.25) is 12.3 Å². The van der Waals surface area contributed by atoms with Crippen molar-refractivity contribution < 1.29 is 18.4 Å². The lowest BCUT2D eigenvalue weighted by Gasteiger charge is -2.28. The first-order chi connectivity index (χ1) is 14.5. The molecule has 1 heterocycles. The Kier molecular flexibility index (Phi) is 7.30. The Morgan fingerprint density at radius 3 is 2.70 bits per heavy atom. The van der Waals surface area contributed by atoms with Crippen LogP contribution < -0.4 is 11.1 Å². The second-order valence-corrected chi connectivity index (χ2v) is 7.31. The molecule has 0 bridgehead atoms. The summed E-state index contributed by atoms with van der Waals surface area (Å²) in [7, 11) is 0. The van der Waals surface area contributed by atoms with E-state index in [-0.39, 0.29) is 18.0 Å². The fourth-order valence-corrected chi connectivity index (χ4v) is 3.66. The van der Waals surface area contributed by atoms with E-state index in [0.717, 1.165) is 30.2 Å². The summed E-state index contributed by atoms with van der Waals surface area (Å²) in [4.78, 5) is 25.0. The van der Waals surface area contributed by atoms with Crippen molar-refractivity contribution in [1.82, 2.24) is 10.2 Å². The van der Waals surface area contributed by atoms with E-state index in [1.165, 1.54) is 0 Å². The van der Waals surface area contributed by atoms with Gasteiger partial charge in [0.05, 0.1) is 12.1 Å². The number of benzene rings is 2. The van der Waals surface area contributed by atoms with E-state index in [2.05, 4.69) is 5.32 Å². The molecule has 1 unspecified atom stereocenters. The first kappa shape index (κ1) is 21.6. The van der Waals surface area contributed by atoms with Gasteiger partial charge in [-0.15, -0.1) is 0 Å². The molecule has 30 heavy (non-hydrogen) atoms. The normalized spacial score (nSPS) is 16.8. The number of carbonyl (C=O) groups excluding carboxylic acids is 2. The molecule has 158 valence electrons. The van der Waals surface area contributed by atoms with Crippen LogP contribution in [0.5, 0.6) is 0 Å². The lowest BCUT2D eigenvalue weighted by molar-refractivity contribution is -0.133. The molecule has 2 aromatic carbocycles. The molecule has 0 fully saturated rings. The first-order valence-corrected chi connectivity index (χ1v) is 9.95. The Morgan fingerprint density at radius 2 is 1.97 bits per heavy atom. The third-order valence-electron chi connectivity index (χ3n) is 5.22. The van der Waals surface area contributed by atoms with Gasteiger partial charge >= 0.3 is 0 Å². The average Bonchev–Trinajstić information content (AvgIpc) is 3.20. The number of amides is 2. The quantitative estimate of drug-likeness (QED) is 0.490. The maximum Gasteiger partial charge on any atom is 0.240 e. The summed E-state index contributed by atoms with van der Waals surface area (Å²) in [5.74, 6) is -1.31. The Hall–Kier alpha value is -3.06. The molecule has 1 aliphatic rings. The second kappa shape index (κ2) is 10.1. The maximum absolute atomic E-state index is 14.3. The van der Waals surface area contributed by atoms with Crippen LogP contribution in [-0.2, 0) is 9.59 Å². The molecule has 3 rings (SSSR count). The highest BCUT2D eigenvalue weighted by atomic mass is 19.1. The number of hydrogen-bond donors (Lipinski definition) is 2. The molecule has 2 atom stereocenters. The third-order valence-corrected chi connectivity index (χ3v) is 5.22. The molecule has 7 heteroatoms. The number of halogens is 2. The van der Waals surface area contributed by atoms with Crippen LogP contribution in [-0.4, -0.2) is 36.3 Å². The van der Waals surface area contributed by atoms with Gasteiger partial charge in [0.15, 0.2) is 0 Å². The van der Waals surface area contributed by atoms with Crippen LogP contribution in [0.1, 0.15) is 36.4 Å². The zero-order valence-corrected chi connectivity index (χ0v) is 16.6. The van der Waals surface area contributed by atoms with Gasteiger partial charge in [0.25, 0.3) is 0 Å². The number of hydrogen-bond acceptors (Lipinski definition) is 3. The van der Waals surface area contributed by atoms with Gasteiger partial charge in [0.1, 0.15) is 11.6 Å². The SMILES string of the molecule is N[C@@H](CCCCNC=O)C(=O)N1CC(c2cc(F)ccc2F)=CC1c1ccccc1. The van der Waals surface area contributed by atoms with Crippen LogP contribution >= 0.6 is 0 Å². The van der Waals surface area contributed by atoms with Crippen molar-refractivity contribution in [3.8, 4) is 0 Å². The number of nitrogens with one attached hydrogen (secondary N) is 1. The summed E-state index contributed by atoms with van der Waals surface area (Å²) < 4.78 is 28.1. The standard InChI is InChI=1S/C23H25F2N3O2/c24-18-9-10-20(25)19(13-18)17-12-22(16-6-2-1-3-7-16)28(14-17)23(30)21(26)8-4-5-11-27-15-29/h1-3,6-7,9-10,12-13,15,21-22H,4-5,8,11,14,26H2,(H,27,29)/t21-,22?/m0/s1. The van der Waals surface area contributed by atoms with Gasteiger partial charge in [-0.2, -0.15) is 0 Å². The molecule has 0 spiro atoms. The number of unbranched alkanes of at least 4 members (excludes halogenated alkanes) is 1. The van der Waals surface area contributed by atoms with Crippen LogP contribution in [0.2, 0.25) is 0 Å². The van der Waals surface area contributed by atoms with E-state index in [0.29, 0.717) is 31.4 Å². The Bertz CT molecular complexity index is 918. The minimum Gasteiger partial charge on any atom is -0.359 e. The van der Waals surface area contributed by atoms with Crippen LogP contribution in [0.3, 0.4) is 0 Å². The first-order valence-electron chi connectivity index (χ1n) is 9.95. The fraction of sp³-hybridized carbons (Fsp3) is 0.304. The summed E-state index contributed by atoms with van der Waals surface area (Å²) >= 11 is 0. The van der Waals surface area contributed by atoms with E-state index in [1.807, 2.05) is 30.3 Å². The molecule has 0 aromatic heterocycles. The van der Waals surface area contributed by atoms with Crippen molar-refractivity contribution in [1.29, 1.82) is 0 Å². The van der Waals surface area contributed by atoms with Crippen molar-refractivity contribution in [2.75, 3.05) is 13.1 Å². The van der Waals surface area contributed by atoms with Crippen LogP contribution in [0, 0.1) is 11.6 Å². The summed E-state index contributed by atoms with van der Waals surface area (Å²) in [5, 5.41) is 2.58. The third kappa shape index (κ3) is 5.10. The van der Waals surface area contributed by atoms with Crippen molar-refractivity contribution in [3.63, 3.8) is 0 Å². The van der Waals surface area contributed by atoms with E-state index in [4.69, 9.17) is 5.73 Å². The molecule has 0 saturated heterocycles.